The van der Waals surface area contributed by atoms with E-state index >= 15 is 0 Å². The van der Waals surface area contributed by atoms with Gasteiger partial charge >= 0.3 is 0 Å². The number of methoxy groups -OCH3 is 1. The zero-order valence-electron chi connectivity index (χ0n) is 10.9. The first-order valence-corrected chi connectivity index (χ1v) is 5.93. The van der Waals surface area contributed by atoms with Crippen molar-refractivity contribution in [2.45, 2.75) is 26.3 Å². The average Bonchev–Trinajstić information content (AvgIpc) is 2.36. The van der Waals surface area contributed by atoms with Gasteiger partial charge in [0, 0.05) is 17.8 Å². The molecular formula is C13H19FN2O2. The number of amides is 1. The number of halogens is 1. The Morgan fingerprint density at radius 2 is 2.22 bits per heavy atom. The molecule has 0 heterocycles. The van der Waals surface area contributed by atoms with Crippen molar-refractivity contribution in [1.82, 2.24) is 5.32 Å². The van der Waals surface area contributed by atoms with Gasteiger partial charge in [0.05, 0.1) is 13.7 Å². The average molecular weight is 254 g/mol. The molecule has 18 heavy (non-hydrogen) atoms. The van der Waals surface area contributed by atoms with Gasteiger partial charge in [-0.25, -0.2) is 4.39 Å². The number of benzene rings is 1. The third-order valence-corrected chi connectivity index (χ3v) is 2.66. The van der Waals surface area contributed by atoms with Gasteiger partial charge in [-0.1, -0.05) is 6.92 Å². The highest BCUT2D eigenvalue weighted by atomic mass is 19.1. The molecule has 2 N–H and O–H groups in total. The molecule has 1 aromatic carbocycles. The normalized spacial score (nSPS) is 12.0. The molecule has 0 aliphatic carbocycles. The highest BCUT2D eigenvalue weighted by molar-refractivity contribution is 5.92. The standard InChI is InChI=1S/C13H19FN2O2/c1-4-9(2)15-8-13(17)16-10-5-6-12(18-3)11(14)7-10/h5-7,9,15H,4,8H2,1-3H3,(H,16,17). The van der Waals surface area contributed by atoms with Crippen LogP contribution in [0, 0.1) is 5.82 Å². The molecule has 0 spiro atoms. The summed E-state index contributed by atoms with van der Waals surface area (Å²) in [6.07, 6.45) is 0.949. The Balaban J connectivity index is 2.52. The Kier molecular flexibility index (Phi) is 5.58. The lowest BCUT2D eigenvalue weighted by Crippen LogP contribution is -2.33. The van der Waals surface area contributed by atoms with Crippen molar-refractivity contribution in [2.75, 3.05) is 19.0 Å². The molecule has 100 valence electrons. The maximum absolute atomic E-state index is 13.4. The van der Waals surface area contributed by atoms with Crippen LogP contribution in [0.4, 0.5) is 10.1 Å². The number of ether oxygens (including phenoxy) is 1. The summed E-state index contributed by atoms with van der Waals surface area (Å²) in [6.45, 7) is 4.25. The fourth-order valence-electron chi connectivity index (χ4n) is 1.36. The van der Waals surface area contributed by atoms with Gasteiger partial charge in [0.15, 0.2) is 11.6 Å². The molecule has 1 amide bonds. The second-order valence-electron chi connectivity index (χ2n) is 4.09. The molecule has 0 aliphatic rings. The van der Waals surface area contributed by atoms with Crippen molar-refractivity contribution in [3.05, 3.63) is 24.0 Å². The van der Waals surface area contributed by atoms with Crippen LogP contribution in [0.2, 0.25) is 0 Å². The monoisotopic (exact) mass is 254 g/mol. The lowest BCUT2D eigenvalue weighted by molar-refractivity contribution is -0.115. The van der Waals surface area contributed by atoms with Crippen LogP contribution in [0.25, 0.3) is 0 Å². The molecule has 1 aromatic rings. The smallest absolute Gasteiger partial charge is 0.238 e. The number of carbonyl (C=O) groups is 1. The Labute approximate surface area is 107 Å². The minimum absolute atomic E-state index is 0.158. The molecule has 4 nitrogen and oxygen atoms in total. The summed E-state index contributed by atoms with van der Waals surface area (Å²) in [5.41, 5.74) is 0.421. The van der Waals surface area contributed by atoms with Crippen molar-refractivity contribution < 1.29 is 13.9 Å². The maximum atomic E-state index is 13.4. The summed E-state index contributed by atoms with van der Waals surface area (Å²) in [4.78, 5) is 11.6. The lowest BCUT2D eigenvalue weighted by Gasteiger charge is -2.11. The highest BCUT2D eigenvalue weighted by Crippen LogP contribution is 2.20. The molecule has 0 radical (unpaired) electrons. The summed E-state index contributed by atoms with van der Waals surface area (Å²) >= 11 is 0. The molecule has 0 fully saturated rings. The highest BCUT2D eigenvalue weighted by Gasteiger charge is 2.07. The quantitative estimate of drug-likeness (QED) is 0.818. The summed E-state index contributed by atoms with van der Waals surface area (Å²) in [5, 5.41) is 5.68. The molecule has 0 aromatic heterocycles. The number of nitrogens with one attached hydrogen (secondary N) is 2. The largest absolute Gasteiger partial charge is 0.494 e. The first-order chi connectivity index (χ1) is 8.56. The third-order valence-electron chi connectivity index (χ3n) is 2.66. The van der Waals surface area contributed by atoms with Crippen LogP contribution >= 0.6 is 0 Å². The van der Waals surface area contributed by atoms with Gasteiger partial charge in [-0.05, 0) is 25.5 Å². The summed E-state index contributed by atoms with van der Waals surface area (Å²) in [6, 6.07) is 4.60. The van der Waals surface area contributed by atoms with Gasteiger partial charge in [-0.3, -0.25) is 4.79 Å². The Hall–Kier alpha value is -1.62. The van der Waals surface area contributed by atoms with Crippen LogP contribution < -0.4 is 15.4 Å². The van der Waals surface area contributed by atoms with Gasteiger partial charge < -0.3 is 15.4 Å². The molecular weight excluding hydrogens is 235 g/mol. The van der Waals surface area contributed by atoms with E-state index in [2.05, 4.69) is 10.6 Å². The van der Waals surface area contributed by atoms with E-state index in [1.54, 1.807) is 6.07 Å². The molecule has 1 unspecified atom stereocenters. The fraction of sp³-hybridized carbons (Fsp3) is 0.462. The predicted molar refractivity (Wildman–Crippen MR) is 69.3 cm³/mol. The number of hydrogen-bond acceptors (Lipinski definition) is 3. The second kappa shape index (κ2) is 6.96. The van der Waals surface area contributed by atoms with Crippen LogP contribution in [0.3, 0.4) is 0 Å². The molecule has 0 saturated heterocycles. The third kappa shape index (κ3) is 4.33. The van der Waals surface area contributed by atoms with Crippen molar-refractivity contribution in [2.24, 2.45) is 0 Å². The SMILES string of the molecule is CCC(C)NCC(=O)Nc1ccc(OC)c(F)c1. The van der Waals surface area contributed by atoms with Crippen LogP contribution in [-0.4, -0.2) is 25.6 Å². The Bertz CT molecular complexity index is 410. The first kappa shape index (κ1) is 14.4. The van der Waals surface area contributed by atoms with Gasteiger partial charge in [-0.2, -0.15) is 0 Å². The zero-order valence-corrected chi connectivity index (χ0v) is 10.9. The number of rotatable bonds is 6. The number of hydrogen-bond donors (Lipinski definition) is 2. The first-order valence-electron chi connectivity index (χ1n) is 5.93. The van der Waals surface area contributed by atoms with E-state index < -0.39 is 5.82 Å². The second-order valence-corrected chi connectivity index (χ2v) is 4.09. The van der Waals surface area contributed by atoms with Gasteiger partial charge in [0.1, 0.15) is 0 Å². The van der Waals surface area contributed by atoms with Crippen molar-refractivity contribution in [3.8, 4) is 5.75 Å². The minimum atomic E-state index is -0.495. The fourth-order valence-corrected chi connectivity index (χ4v) is 1.36. The van der Waals surface area contributed by atoms with E-state index in [0.717, 1.165) is 6.42 Å². The van der Waals surface area contributed by atoms with Crippen molar-refractivity contribution in [1.29, 1.82) is 0 Å². The predicted octanol–water partition coefficient (Wildman–Crippen LogP) is 2.16. The summed E-state index contributed by atoms with van der Waals surface area (Å²) in [7, 11) is 1.40. The Morgan fingerprint density at radius 1 is 1.50 bits per heavy atom. The Morgan fingerprint density at radius 3 is 2.78 bits per heavy atom. The summed E-state index contributed by atoms with van der Waals surface area (Å²) in [5.74, 6) is -0.532. The van der Waals surface area contributed by atoms with Gasteiger partial charge in [0.2, 0.25) is 5.91 Å². The topological polar surface area (TPSA) is 50.4 Å². The van der Waals surface area contributed by atoms with E-state index in [9.17, 15) is 9.18 Å². The zero-order chi connectivity index (χ0) is 13.5. The molecule has 0 saturated carbocycles. The van der Waals surface area contributed by atoms with Crippen LogP contribution in [-0.2, 0) is 4.79 Å². The maximum Gasteiger partial charge on any atom is 0.238 e. The number of anilines is 1. The van der Waals surface area contributed by atoms with Crippen molar-refractivity contribution >= 4 is 11.6 Å². The van der Waals surface area contributed by atoms with E-state index in [1.807, 2.05) is 13.8 Å². The minimum Gasteiger partial charge on any atom is -0.494 e. The van der Waals surface area contributed by atoms with E-state index in [-0.39, 0.29) is 24.2 Å². The van der Waals surface area contributed by atoms with E-state index in [1.165, 1.54) is 19.2 Å². The molecule has 0 bridgehead atoms. The molecule has 0 aliphatic heterocycles. The van der Waals surface area contributed by atoms with E-state index in [4.69, 9.17) is 4.74 Å². The molecule has 1 rings (SSSR count). The van der Waals surface area contributed by atoms with Crippen LogP contribution in [0.5, 0.6) is 5.75 Å². The van der Waals surface area contributed by atoms with Crippen molar-refractivity contribution in [3.63, 3.8) is 0 Å². The summed E-state index contributed by atoms with van der Waals surface area (Å²) < 4.78 is 18.2. The molecule has 1 atom stereocenters. The van der Waals surface area contributed by atoms with Gasteiger partial charge in [0.25, 0.3) is 0 Å². The number of carbonyl (C=O) groups excluding carboxylic acids is 1. The lowest BCUT2D eigenvalue weighted by atomic mass is 10.2. The van der Waals surface area contributed by atoms with Gasteiger partial charge in [-0.15, -0.1) is 0 Å². The van der Waals surface area contributed by atoms with E-state index in [0.29, 0.717) is 5.69 Å². The molecule has 5 heteroatoms. The van der Waals surface area contributed by atoms with Crippen LogP contribution in [0.15, 0.2) is 18.2 Å². The van der Waals surface area contributed by atoms with Crippen LogP contribution in [0.1, 0.15) is 20.3 Å².